The smallest absolute Gasteiger partial charge is 0.266 e. The van der Waals surface area contributed by atoms with E-state index in [-0.39, 0.29) is 11.5 Å². The lowest BCUT2D eigenvalue weighted by atomic mass is 10.2. The Morgan fingerprint density at radius 2 is 2.00 bits per heavy atom. The van der Waals surface area contributed by atoms with Crippen molar-refractivity contribution in [1.82, 2.24) is 0 Å². The Kier molecular flexibility index (Phi) is 4.53. The third-order valence-electron chi connectivity index (χ3n) is 2.96. The Bertz CT molecular complexity index is 725. The maximum atomic E-state index is 12.7. The van der Waals surface area contributed by atoms with E-state index in [0.29, 0.717) is 14.4 Å². The molecular weight excluding hydrogens is 362 g/mol. The fraction of sp³-hybridized carbons (Fsp3) is 0.231. The van der Waals surface area contributed by atoms with Gasteiger partial charge in [-0.3, -0.25) is 4.31 Å². The molecule has 0 fully saturated rings. The van der Waals surface area contributed by atoms with Crippen LogP contribution in [0.1, 0.15) is 10.4 Å². The van der Waals surface area contributed by atoms with Crippen molar-refractivity contribution in [3.8, 4) is 0 Å². The van der Waals surface area contributed by atoms with Crippen LogP contribution in [0.4, 0.5) is 5.69 Å². The summed E-state index contributed by atoms with van der Waals surface area (Å²) in [5, 5.41) is 9.12. The monoisotopic (exact) mass is 375 g/mol. The van der Waals surface area contributed by atoms with E-state index in [9.17, 15) is 8.42 Å². The van der Waals surface area contributed by atoms with Gasteiger partial charge in [-0.25, -0.2) is 8.42 Å². The third-order valence-corrected chi connectivity index (χ3v) is 6.96. The largest absolute Gasteiger partial charge is 0.391 e. The number of thiophene rings is 1. The van der Waals surface area contributed by atoms with Gasteiger partial charge in [-0.2, -0.15) is 0 Å². The molecule has 20 heavy (non-hydrogen) atoms. The molecule has 0 aliphatic rings. The zero-order chi connectivity index (χ0) is 14.9. The molecule has 1 aromatic carbocycles. The Labute approximate surface area is 130 Å². The van der Waals surface area contributed by atoms with Gasteiger partial charge in [-0.1, -0.05) is 18.2 Å². The number of aliphatic hydroxyl groups excluding tert-OH is 1. The highest BCUT2D eigenvalue weighted by Gasteiger charge is 2.26. The first-order valence-electron chi connectivity index (χ1n) is 5.81. The van der Waals surface area contributed by atoms with Gasteiger partial charge in [0.15, 0.2) is 0 Å². The topological polar surface area (TPSA) is 57.6 Å². The van der Waals surface area contributed by atoms with Gasteiger partial charge in [0, 0.05) is 11.9 Å². The lowest BCUT2D eigenvalue weighted by Crippen LogP contribution is -2.27. The van der Waals surface area contributed by atoms with Crippen LogP contribution in [0, 0.1) is 6.92 Å². The molecule has 0 bridgehead atoms. The van der Waals surface area contributed by atoms with Gasteiger partial charge < -0.3 is 5.11 Å². The minimum Gasteiger partial charge on any atom is -0.391 e. The molecule has 2 rings (SSSR count). The van der Waals surface area contributed by atoms with Gasteiger partial charge >= 0.3 is 0 Å². The van der Waals surface area contributed by atoms with Crippen molar-refractivity contribution in [1.29, 1.82) is 0 Å². The van der Waals surface area contributed by atoms with Crippen molar-refractivity contribution in [2.75, 3.05) is 11.4 Å². The molecule has 0 spiro atoms. The number of rotatable bonds is 4. The highest BCUT2D eigenvalue weighted by molar-refractivity contribution is 9.11. The van der Waals surface area contributed by atoms with Crippen LogP contribution >= 0.6 is 27.3 Å². The van der Waals surface area contributed by atoms with Crippen molar-refractivity contribution in [3.63, 3.8) is 0 Å². The molecule has 0 saturated heterocycles. The molecule has 2 aromatic rings. The molecule has 0 unspecified atom stereocenters. The summed E-state index contributed by atoms with van der Waals surface area (Å²) in [6, 6.07) is 8.79. The first-order chi connectivity index (χ1) is 9.37. The van der Waals surface area contributed by atoms with Gasteiger partial charge in [0.2, 0.25) is 0 Å². The van der Waals surface area contributed by atoms with E-state index in [1.165, 1.54) is 28.8 Å². The summed E-state index contributed by atoms with van der Waals surface area (Å²) in [5.74, 6) is 0. The van der Waals surface area contributed by atoms with E-state index in [2.05, 4.69) is 15.9 Å². The van der Waals surface area contributed by atoms with Crippen molar-refractivity contribution < 1.29 is 13.5 Å². The molecule has 0 saturated carbocycles. The fourth-order valence-corrected chi connectivity index (χ4v) is 5.60. The molecule has 0 amide bonds. The lowest BCUT2D eigenvalue weighted by Gasteiger charge is -2.20. The molecule has 0 atom stereocenters. The quantitative estimate of drug-likeness (QED) is 0.892. The number of hydrogen-bond acceptors (Lipinski definition) is 4. The van der Waals surface area contributed by atoms with Gasteiger partial charge in [0.05, 0.1) is 16.1 Å². The first-order valence-corrected chi connectivity index (χ1v) is 8.86. The second-order valence-corrected chi connectivity index (χ2v) is 8.66. The van der Waals surface area contributed by atoms with Crippen LogP contribution in [-0.4, -0.2) is 20.6 Å². The van der Waals surface area contributed by atoms with E-state index in [1.54, 1.807) is 12.1 Å². The number of benzene rings is 1. The predicted molar refractivity (Wildman–Crippen MR) is 84.7 cm³/mol. The first kappa shape index (κ1) is 15.5. The average Bonchev–Trinajstić information content (AvgIpc) is 2.80. The number of sulfonamides is 1. The van der Waals surface area contributed by atoms with Crippen LogP contribution in [0.5, 0.6) is 0 Å². The van der Waals surface area contributed by atoms with Crippen molar-refractivity contribution in [3.05, 3.63) is 44.6 Å². The zero-order valence-corrected chi connectivity index (χ0v) is 14.2. The van der Waals surface area contributed by atoms with Crippen LogP contribution in [0.25, 0.3) is 0 Å². The summed E-state index contributed by atoms with van der Waals surface area (Å²) < 4.78 is 27.1. The molecular formula is C13H14BrNO3S2. The number of halogens is 1. The maximum absolute atomic E-state index is 12.7. The van der Waals surface area contributed by atoms with Crippen molar-refractivity contribution >= 4 is 43.0 Å². The van der Waals surface area contributed by atoms with Gasteiger partial charge in [-0.15, -0.1) is 11.3 Å². The standard InChI is InChI=1S/C13H14BrNO3S2/c1-9-5-3-4-6-11(9)15(2)20(17,18)12-7-10(8-16)19-13(12)14/h3-7,16H,8H2,1-2H3. The van der Waals surface area contributed by atoms with Gasteiger partial charge in [0.1, 0.15) is 4.90 Å². The Morgan fingerprint density at radius 3 is 2.55 bits per heavy atom. The normalized spacial score (nSPS) is 11.6. The number of hydrogen-bond donors (Lipinski definition) is 1. The molecule has 4 nitrogen and oxygen atoms in total. The molecule has 7 heteroatoms. The second kappa shape index (κ2) is 5.85. The Hall–Kier alpha value is -0.890. The van der Waals surface area contributed by atoms with E-state index < -0.39 is 10.0 Å². The molecule has 1 aromatic heterocycles. The van der Waals surface area contributed by atoms with Crippen LogP contribution in [0.2, 0.25) is 0 Å². The molecule has 0 radical (unpaired) electrons. The average molecular weight is 376 g/mol. The summed E-state index contributed by atoms with van der Waals surface area (Å²) in [5.41, 5.74) is 1.52. The molecule has 108 valence electrons. The predicted octanol–water partition coefficient (Wildman–Crippen LogP) is 3.14. The number of para-hydroxylation sites is 1. The van der Waals surface area contributed by atoms with Crippen LogP contribution in [0.15, 0.2) is 39.0 Å². The number of aryl methyl sites for hydroxylation is 1. The molecule has 1 N–H and O–H groups in total. The number of nitrogens with zero attached hydrogens (tertiary/aromatic N) is 1. The summed E-state index contributed by atoms with van der Waals surface area (Å²) in [6.45, 7) is 1.69. The Balaban J connectivity index is 2.49. The van der Waals surface area contributed by atoms with Crippen LogP contribution in [0.3, 0.4) is 0 Å². The van der Waals surface area contributed by atoms with E-state index in [4.69, 9.17) is 5.11 Å². The van der Waals surface area contributed by atoms with E-state index in [1.807, 2.05) is 19.1 Å². The molecule has 1 heterocycles. The number of anilines is 1. The van der Waals surface area contributed by atoms with Crippen LogP contribution < -0.4 is 4.31 Å². The van der Waals surface area contributed by atoms with Crippen LogP contribution in [-0.2, 0) is 16.6 Å². The highest BCUT2D eigenvalue weighted by Crippen LogP contribution is 2.35. The van der Waals surface area contributed by atoms with Gasteiger partial charge in [0.25, 0.3) is 10.0 Å². The Morgan fingerprint density at radius 1 is 1.35 bits per heavy atom. The SMILES string of the molecule is Cc1ccccc1N(C)S(=O)(=O)c1cc(CO)sc1Br. The van der Waals surface area contributed by atoms with Crippen molar-refractivity contribution in [2.24, 2.45) is 0 Å². The summed E-state index contributed by atoms with van der Waals surface area (Å²) in [6.07, 6.45) is 0. The molecule has 0 aliphatic heterocycles. The van der Waals surface area contributed by atoms with Crippen molar-refractivity contribution in [2.45, 2.75) is 18.4 Å². The second-order valence-electron chi connectivity index (χ2n) is 4.27. The zero-order valence-electron chi connectivity index (χ0n) is 11.0. The fourth-order valence-electron chi connectivity index (χ4n) is 1.85. The third kappa shape index (κ3) is 2.76. The highest BCUT2D eigenvalue weighted by atomic mass is 79.9. The minimum absolute atomic E-state index is 0.174. The summed E-state index contributed by atoms with van der Waals surface area (Å²) in [4.78, 5) is 0.783. The minimum atomic E-state index is -3.65. The summed E-state index contributed by atoms with van der Waals surface area (Å²) >= 11 is 4.47. The molecule has 0 aliphatic carbocycles. The van der Waals surface area contributed by atoms with E-state index in [0.717, 1.165) is 5.56 Å². The number of aliphatic hydroxyl groups is 1. The van der Waals surface area contributed by atoms with Gasteiger partial charge in [-0.05, 0) is 40.5 Å². The maximum Gasteiger partial charge on any atom is 0.266 e. The van der Waals surface area contributed by atoms with E-state index >= 15 is 0 Å². The lowest BCUT2D eigenvalue weighted by molar-refractivity contribution is 0.285. The summed E-state index contributed by atoms with van der Waals surface area (Å²) in [7, 11) is -2.12.